The second-order valence-electron chi connectivity index (χ2n) is 10.1. The third kappa shape index (κ3) is 7.24. The van der Waals surface area contributed by atoms with Crippen LogP contribution in [0.5, 0.6) is 0 Å². The summed E-state index contributed by atoms with van der Waals surface area (Å²) in [5.41, 5.74) is -1.32. The molecule has 11 nitrogen and oxygen atoms in total. The SMILES string of the molecule is CCC(=O)OC1OCCCC1OC(=O)C(C)(C1CCCOC1OC(=O)CC)C1CCCOC1OC(=O)CC. The lowest BCUT2D eigenvalue weighted by molar-refractivity contribution is -0.264. The first-order valence-electron chi connectivity index (χ1n) is 13.9. The van der Waals surface area contributed by atoms with Crippen molar-refractivity contribution in [3.8, 4) is 0 Å². The minimum absolute atomic E-state index is 0.154. The lowest BCUT2D eigenvalue weighted by Gasteiger charge is -2.49. The van der Waals surface area contributed by atoms with Gasteiger partial charge in [0, 0.05) is 31.1 Å². The van der Waals surface area contributed by atoms with Crippen molar-refractivity contribution < 1.29 is 52.3 Å². The van der Waals surface area contributed by atoms with Crippen LogP contribution in [0.2, 0.25) is 0 Å². The predicted molar refractivity (Wildman–Crippen MR) is 131 cm³/mol. The van der Waals surface area contributed by atoms with Gasteiger partial charge in [0.25, 0.3) is 0 Å². The summed E-state index contributed by atoms with van der Waals surface area (Å²) in [6.07, 6.45) is 0.0909. The molecule has 3 rings (SSSR count). The highest BCUT2D eigenvalue weighted by Gasteiger charge is 2.58. The normalized spacial score (nSPS) is 31.4. The smallest absolute Gasteiger partial charge is 0.313 e. The number of hydrogen-bond donors (Lipinski definition) is 0. The molecule has 0 amide bonds. The van der Waals surface area contributed by atoms with Crippen LogP contribution in [0.1, 0.15) is 85.5 Å². The summed E-state index contributed by atoms with van der Waals surface area (Å²) in [6, 6.07) is 0. The van der Waals surface area contributed by atoms with Gasteiger partial charge in [0.1, 0.15) is 0 Å². The van der Waals surface area contributed by atoms with E-state index in [1.807, 2.05) is 0 Å². The van der Waals surface area contributed by atoms with Gasteiger partial charge in [-0.15, -0.1) is 0 Å². The molecule has 6 unspecified atom stereocenters. The number of hydrogen-bond acceptors (Lipinski definition) is 11. The summed E-state index contributed by atoms with van der Waals surface area (Å²) < 4.78 is 40.1. The predicted octanol–water partition coefficient (Wildman–Crippen LogP) is 3.41. The second kappa shape index (κ2) is 14.2. The molecule has 0 aromatic heterocycles. The van der Waals surface area contributed by atoms with E-state index >= 15 is 0 Å². The van der Waals surface area contributed by atoms with Crippen molar-refractivity contribution in [2.75, 3.05) is 19.8 Å². The highest BCUT2D eigenvalue weighted by molar-refractivity contribution is 5.78. The van der Waals surface area contributed by atoms with Gasteiger partial charge in [0.2, 0.25) is 18.9 Å². The molecule has 0 radical (unpaired) electrons. The van der Waals surface area contributed by atoms with E-state index in [0.29, 0.717) is 58.3 Å². The summed E-state index contributed by atoms with van der Waals surface area (Å²) in [7, 11) is 0. The molecule has 0 aromatic carbocycles. The third-order valence-electron chi connectivity index (χ3n) is 7.61. The fraction of sp³-hybridized carbons (Fsp3) is 0.852. The van der Waals surface area contributed by atoms with Crippen molar-refractivity contribution in [2.45, 2.75) is 110 Å². The van der Waals surface area contributed by atoms with Crippen LogP contribution in [0.15, 0.2) is 0 Å². The van der Waals surface area contributed by atoms with Gasteiger partial charge >= 0.3 is 23.9 Å². The fourth-order valence-electron chi connectivity index (χ4n) is 5.34. The molecule has 3 aliphatic heterocycles. The van der Waals surface area contributed by atoms with Gasteiger partial charge in [-0.3, -0.25) is 19.2 Å². The van der Waals surface area contributed by atoms with Gasteiger partial charge in [0.05, 0.1) is 25.2 Å². The number of carbonyl (C=O) groups excluding carboxylic acids is 4. The molecule has 0 saturated carbocycles. The summed E-state index contributed by atoms with van der Waals surface area (Å²) in [5.74, 6) is -3.12. The van der Waals surface area contributed by atoms with Crippen molar-refractivity contribution >= 4 is 23.9 Å². The molecule has 6 atom stereocenters. The minimum atomic E-state index is -1.32. The monoisotopic (exact) mass is 542 g/mol. The lowest BCUT2D eigenvalue weighted by atomic mass is 9.63. The fourth-order valence-corrected chi connectivity index (χ4v) is 5.34. The zero-order chi connectivity index (χ0) is 27.7. The summed E-state index contributed by atoms with van der Waals surface area (Å²) in [4.78, 5) is 50.7. The molecule has 0 bridgehead atoms. The first-order chi connectivity index (χ1) is 18.2. The molecule has 11 heteroatoms. The van der Waals surface area contributed by atoms with Crippen LogP contribution in [-0.4, -0.2) is 68.7 Å². The van der Waals surface area contributed by atoms with Crippen LogP contribution >= 0.6 is 0 Å². The molecule has 3 aliphatic rings. The lowest BCUT2D eigenvalue weighted by Crippen LogP contribution is -2.57. The molecular weight excluding hydrogens is 500 g/mol. The van der Waals surface area contributed by atoms with Crippen molar-refractivity contribution in [3.05, 3.63) is 0 Å². The topological polar surface area (TPSA) is 133 Å². The van der Waals surface area contributed by atoms with Crippen LogP contribution in [0.4, 0.5) is 0 Å². The summed E-state index contributed by atoms with van der Waals surface area (Å²) in [5, 5.41) is 0. The zero-order valence-electron chi connectivity index (χ0n) is 22.9. The number of carbonyl (C=O) groups is 4. The van der Waals surface area contributed by atoms with E-state index in [9.17, 15) is 19.2 Å². The van der Waals surface area contributed by atoms with Gasteiger partial charge in [-0.1, -0.05) is 20.8 Å². The number of rotatable bonds is 10. The zero-order valence-corrected chi connectivity index (χ0v) is 22.9. The maximum Gasteiger partial charge on any atom is 0.313 e. The van der Waals surface area contributed by atoms with E-state index in [2.05, 4.69) is 0 Å². The Morgan fingerprint density at radius 3 is 1.47 bits per heavy atom. The summed E-state index contributed by atoms with van der Waals surface area (Å²) >= 11 is 0. The molecule has 3 saturated heterocycles. The van der Waals surface area contributed by atoms with Crippen LogP contribution in [0.3, 0.4) is 0 Å². The van der Waals surface area contributed by atoms with Gasteiger partial charge < -0.3 is 33.2 Å². The Balaban J connectivity index is 1.96. The van der Waals surface area contributed by atoms with Crippen molar-refractivity contribution in [2.24, 2.45) is 17.3 Å². The highest BCUT2D eigenvalue weighted by atomic mass is 16.7. The van der Waals surface area contributed by atoms with Crippen molar-refractivity contribution in [3.63, 3.8) is 0 Å². The molecule has 216 valence electrons. The van der Waals surface area contributed by atoms with Crippen LogP contribution in [0, 0.1) is 17.3 Å². The third-order valence-corrected chi connectivity index (χ3v) is 7.61. The van der Waals surface area contributed by atoms with Crippen molar-refractivity contribution in [1.29, 1.82) is 0 Å². The van der Waals surface area contributed by atoms with E-state index in [4.69, 9.17) is 33.2 Å². The Kier molecular flexibility index (Phi) is 11.3. The molecule has 38 heavy (non-hydrogen) atoms. The number of esters is 4. The average molecular weight is 543 g/mol. The molecule has 3 fully saturated rings. The average Bonchev–Trinajstić information content (AvgIpc) is 2.93. The van der Waals surface area contributed by atoms with E-state index < -0.39 is 66.1 Å². The van der Waals surface area contributed by atoms with Gasteiger partial charge in [-0.05, 0) is 45.4 Å². The highest BCUT2D eigenvalue weighted by Crippen LogP contribution is 2.49. The van der Waals surface area contributed by atoms with Gasteiger partial charge in [-0.2, -0.15) is 0 Å². The maximum absolute atomic E-state index is 14.2. The molecule has 0 aliphatic carbocycles. The molecular formula is C27H42O11. The Morgan fingerprint density at radius 2 is 1.03 bits per heavy atom. The van der Waals surface area contributed by atoms with Crippen LogP contribution in [-0.2, 0) is 52.3 Å². The first kappa shape index (κ1) is 30.3. The molecule has 3 heterocycles. The Morgan fingerprint density at radius 1 is 0.632 bits per heavy atom. The Labute approximate surface area is 224 Å². The van der Waals surface area contributed by atoms with Crippen LogP contribution in [0.25, 0.3) is 0 Å². The molecule has 0 aromatic rings. The quantitative estimate of drug-likeness (QED) is 0.297. The van der Waals surface area contributed by atoms with Gasteiger partial charge in [-0.25, -0.2) is 0 Å². The molecule has 0 spiro atoms. The van der Waals surface area contributed by atoms with E-state index in [0.717, 1.165) is 0 Å². The maximum atomic E-state index is 14.2. The van der Waals surface area contributed by atoms with Crippen molar-refractivity contribution in [1.82, 2.24) is 0 Å². The van der Waals surface area contributed by atoms with E-state index in [1.54, 1.807) is 27.7 Å². The minimum Gasteiger partial charge on any atom is -0.455 e. The Bertz CT molecular complexity index is 790. The second-order valence-corrected chi connectivity index (χ2v) is 10.1. The molecule has 0 N–H and O–H groups in total. The van der Waals surface area contributed by atoms with Gasteiger partial charge in [0.15, 0.2) is 6.10 Å². The number of ether oxygens (including phenoxy) is 7. The van der Waals surface area contributed by atoms with Crippen LogP contribution < -0.4 is 0 Å². The summed E-state index contributed by atoms with van der Waals surface area (Å²) in [6.45, 7) is 7.92. The van der Waals surface area contributed by atoms with E-state index in [1.165, 1.54) is 0 Å². The Hall–Kier alpha value is -2.24. The first-order valence-corrected chi connectivity index (χ1v) is 13.9. The standard InChI is InChI=1S/C27H42O11/c1-5-20(28)36-23-17(11-8-14-32-23)27(4,18-12-9-15-33-24(18)37-21(29)6-2)26(31)35-19-13-10-16-34-25(19)38-22(30)7-3/h17-19,23-25H,5-16H2,1-4H3. The van der Waals surface area contributed by atoms with E-state index in [-0.39, 0.29) is 19.3 Å². The largest absolute Gasteiger partial charge is 0.455 e.